The number of nitrogens with two attached hydrogens (primary N) is 1. The molecule has 1 heterocycles. The van der Waals surface area contributed by atoms with Gasteiger partial charge in [-0.25, -0.2) is 0 Å². The average molecular weight is 236 g/mol. The molecular formula is C11H16N4O2. The van der Waals surface area contributed by atoms with E-state index < -0.39 is 0 Å². The Morgan fingerprint density at radius 3 is 2.53 bits per heavy atom. The van der Waals surface area contributed by atoms with Crippen molar-refractivity contribution in [1.82, 2.24) is 15.6 Å². The summed E-state index contributed by atoms with van der Waals surface area (Å²) >= 11 is 0. The zero-order valence-electron chi connectivity index (χ0n) is 9.48. The van der Waals surface area contributed by atoms with Gasteiger partial charge >= 0.3 is 0 Å². The van der Waals surface area contributed by atoms with Crippen molar-refractivity contribution >= 4 is 11.8 Å². The Labute approximate surface area is 99.6 Å². The molecule has 6 nitrogen and oxygen atoms in total. The Hall–Kier alpha value is -1.95. The van der Waals surface area contributed by atoms with Gasteiger partial charge in [0.15, 0.2) is 0 Å². The maximum absolute atomic E-state index is 11.3. The van der Waals surface area contributed by atoms with Gasteiger partial charge in [-0.15, -0.1) is 0 Å². The van der Waals surface area contributed by atoms with Gasteiger partial charge in [-0.05, 0) is 24.1 Å². The summed E-state index contributed by atoms with van der Waals surface area (Å²) in [6.07, 6.45) is 4.15. The van der Waals surface area contributed by atoms with Crippen molar-refractivity contribution in [3.63, 3.8) is 0 Å². The van der Waals surface area contributed by atoms with Crippen LogP contribution in [0.2, 0.25) is 0 Å². The molecule has 6 heteroatoms. The van der Waals surface area contributed by atoms with E-state index in [1.54, 1.807) is 12.4 Å². The van der Waals surface area contributed by atoms with Crippen molar-refractivity contribution < 1.29 is 9.59 Å². The molecule has 4 N–H and O–H groups in total. The maximum Gasteiger partial charge on any atom is 0.239 e. The second-order valence-electron chi connectivity index (χ2n) is 3.44. The lowest BCUT2D eigenvalue weighted by molar-refractivity contribution is -0.125. The van der Waals surface area contributed by atoms with E-state index in [1.165, 1.54) is 0 Å². The molecular weight excluding hydrogens is 220 g/mol. The van der Waals surface area contributed by atoms with Gasteiger partial charge in [0.25, 0.3) is 0 Å². The van der Waals surface area contributed by atoms with Gasteiger partial charge in [0, 0.05) is 18.9 Å². The summed E-state index contributed by atoms with van der Waals surface area (Å²) in [7, 11) is 0. The average Bonchev–Trinajstić information content (AvgIpc) is 2.37. The van der Waals surface area contributed by atoms with E-state index >= 15 is 0 Å². The topological polar surface area (TPSA) is 97.1 Å². The fraction of sp³-hybridized carbons (Fsp3) is 0.364. The molecule has 0 atom stereocenters. The highest BCUT2D eigenvalue weighted by atomic mass is 16.2. The van der Waals surface area contributed by atoms with Gasteiger partial charge in [-0.2, -0.15) is 0 Å². The first-order chi connectivity index (χ1) is 8.22. The molecule has 0 aliphatic heterocycles. The van der Waals surface area contributed by atoms with Crippen molar-refractivity contribution in [3.8, 4) is 0 Å². The number of nitrogens with zero attached hydrogens (tertiary/aromatic N) is 1. The highest BCUT2D eigenvalue weighted by Gasteiger charge is 2.02. The lowest BCUT2D eigenvalue weighted by Gasteiger charge is -2.06. The first-order valence-corrected chi connectivity index (χ1v) is 5.34. The van der Waals surface area contributed by atoms with Gasteiger partial charge in [0.05, 0.1) is 13.1 Å². The zero-order chi connectivity index (χ0) is 12.5. The highest BCUT2D eigenvalue weighted by molar-refractivity contribution is 5.85. The molecule has 1 aromatic heterocycles. The van der Waals surface area contributed by atoms with Crippen LogP contribution in [0.15, 0.2) is 24.5 Å². The van der Waals surface area contributed by atoms with Crippen LogP contribution in [0.4, 0.5) is 0 Å². The quantitative estimate of drug-likeness (QED) is 0.579. The number of amides is 2. The van der Waals surface area contributed by atoms with Crippen molar-refractivity contribution in [1.29, 1.82) is 0 Å². The Kier molecular flexibility index (Phi) is 5.67. The van der Waals surface area contributed by atoms with Crippen LogP contribution < -0.4 is 16.4 Å². The van der Waals surface area contributed by atoms with Gasteiger partial charge in [0.2, 0.25) is 11.8 Å². The highest BCUT2D eigenvalue weighted by Crippen LogP contribution is 1.95. The SMILES string of the molecule is NCC(=O)NCC(=O)NCCc1ccncc1. The third-order valence-electron chi connectivity index (χ3n) is 2.12. The molecule has 0 saturated heterocycles. The number of carbonyl (C=O) groups is 2. The third-order valence-corrected chi connectivity index (χ3v) is 2.12. The molecule has 0 spiro atoms. The van der Waals surface area contributed by atoms with Crippen LogP contribution in [0.25, 0.3) is 0 Å². The molecule has 0 aliphatic carbocycles. The summed E-state index contributed by atoms with van der Waals surface area (Å²) in [5.74, 6) is -0.560. The van der Waals surface area contributed by atoms with Gasteiger partial charge < -0.3 is 16.4 Å². The molecule has 0 aliphatic rings. The minimum absolute atomic E-state index is 0.0353. The summed E-state index contributed by atoms with van der Waals surface area (Å²) in [6.45, 7) is 0.387. The van der Waals surface area contributed by atoms with E-state index in [2.05, 4.69) is 15.6 Å². The van der Waals surface area contributed by atoms with E-state index in [1.807, 2.05) is 12.1 Å². The fourth-order valence-corrected chi connectivity index (χ4v) is 1.21. The number of nitrogens with one attached hydrogen (secondary N) is 2. The number of rotatable bonds is 6. The minimum Gasteiger partial charge on any atom is -0.354 e. The molecule has 92 valence electrons. The van der Waals surface area contributed by atoms with E-state index in [9.17, 15) is 9.59 Å². The Morgan fingerprint density at radius 1 is 1.18 bits per heavy atom. The van der Waals surface area contributed by atoms with Gasteiger partial charge in [0.1, 0.15) is 0 Å². The maximum atomic E-state index is 11.3. The lowest BCUT2D eigenvalue weighted by atomic mass is 10.2. The van der Waals surface area contributed by atoms with Gasteiger partial charge in [-0.3, -0.25) is 14.6 Å². The number of pyridine rings is 1. The van der Waals surface area contributed by atoms with Crippen LogP contribution in [0, 0.1) is 0 Å². The standard InChI is InChI=1S/C11H16N4O2/c12-7-10(16)15-8-11(17)14-6-3-9-1-4-13-5-2-9/h1-2,4-5H,3,6-8,12H2,(H,14,17)(H,15,16). The molecule has 0 unspecified atom stereocenters. The molecule has 1 rings (SSSR count). The largest absolute Gasteiger partial charge is 0.354 e. The Balaban J connectivity index is 2.14. The first kappa shape index (κ1) is 13.1. The molecule has 17 heavy (non-hydrogen) atoms. The van der Waals surface area contributed by atoms with E-state index in [0.717, 1.165) is 12.0 Å². The van der Waals surface area contributed by atoms with Crippen molar-refractivity contribution in [2.75, 3.05) is 19.6 Å². The van der Waals surface area contributed by atoms with Crippen LogP contribution in [0.3, 0.4) is 0 Å². The molecule has 0 aromatic carbocycles. The summed E-state index contributed by atoms with van der Waals surface area (Å²) in [6, 6.07) is 3.78. The second-order valence-corrected chi connectivity index (χ2v) is 3.44. The zero-order valence-corrected chi connectivity index (χ0v) is 9.48. The Bertz CT molecular complexity index is 367. The third kappa shape index (κ3) is 5.62. The number of hydrogen-bond donors (Lipinski definition) is 3. The smallest absolute Gasteiger partial charge is 0.239 e. The summed E-state index contributed by atoms with van der Waals surface area (Å²) in [5.41, 5.74) is 6.19. The number of aromatic nitrogens is 1. The number of hydrogen-bond acceptors (Lipinski definition) is 4. The number of carbonyl (C=O) groups excluding carboxylic acids is 2. The van der Waals surface area contributed by atoms with Crippen LogP contribution in [0.5, 0.6) is 0 Å². The minimum atomic E-state index is -0.339. The van der Waals surface area contributed by atoms with Crippen LogP contribution in [0.1, 0.15) is 5.56 Å². The van der Waals surface area contributed by atoms with E-state index in [-0.39, 0.29) is 24.9 Å². The van der Waals surface area contributed by atoms with Crippen molar-refractivity contribution in [2.24, 2.45) is 5.73 Å². The molecule has 1 aromatic rings. The predicted octanol–water partition coefficient (Wildman–Crippen LogP) is -1.18. The molecule has 0 bridgehead atoms. The first-order valence-electron chi connectivity index (χ1n) is 5.34. The monoisotopic (exact) mass is 236 g/mol. The summed E-state index contributed by atoms with van der Waals surface area (Å²) < 4.78 is 0. The summed E-state index contributed by atoms with van der Waals surface area (Å²) in [5, 5.41) is 5.09. The fourth-order valence-electron chi connectivity index (χ4n) is 1.21. The van der Waals surface area contributed by atoms with Gasteiger partial charge in [-0.1, -0.05) is 0 Å². The van der Waals surface area contributed by atoms with E-state index in [4.69, 9.17) is 5.73 Å². The lowest BCUT2D eigenvalue weighted by Crippen LogP contribution is -2.40. The molecule has 2 amide bonds. The molecule has 0 radical (unpaired) electrons. The predicted molar refractivity (Wildman–Crippen MR) is 63.0 cm³/mol. The Morgan fingerprint density at radius 2 is 1.88 bits per heavy atom. The van der Waals surface area contributed by atoms with Crippen LogP contribution in [-0.2, 0) is 16.0 Å². The summed E-state index contributed by atoms with van der Waals surface area (Å²) in [4.78, 5) is 26.0. The van der Waals surface area contributed by atoms with Crippen LogP contribution in [-0.4, -0.2) is 36.4 Å². The molecule has 0 fully saturated rings. The molecule has 0 saturated carbocycles. The normalized spacial score (nSPS) is 9.71. The second kappa shape index (κ2) is 7.34. The van der Waals surface area contributed by atoms with Crippen molar-refractivity contribution in [2.45, 2.75) is 6.42 Å². The van der Waals surface area contributed by atoms with Crippen LogP contribution >= 0.6 is 0 Å². The van der Waals surface area contributed by atoms with Crippen molar-refractivity contribution in [3.05, 3.63) is 30.1 Å². The van der Waals surface area contributed by atoms with E-state index in [0.29, 0.717) is 6.54 Å².